The van der Waals surface area contributed by atoms with E-state index in [9.17, 15) is 0 Å². The van der Waals surface area contributed by atoms with Gasteiger partial charge in [0.25, 0.3) is 0 Å². The van der Waals surface area contributed by atoms with Crippen LogP contribution < -0.4 is 0 Å². The van der Waals surface area contributed by atoms with Crippen molar-refractivity contribution in [1.29, 1.82) is 0 Å². The minimum Gasteiger partial charge on any atom is -0.0683 e. The van der Waals surface area contributed by atoms with Crippen molar-refractivity contribution in [2.45, 2.75) is 141 Å². The molecule has 0 aromatic heterocycles. The lowest BCUT2D eigenvalue weighted by molar-refractivity contribution is 0.306. The molecule has 0 saturated carbocycles. The van der Waals surface area contributed by atoms with Crippen molar-refractivity contribution in [2.75, 3.05) is 0 Å². The van der Waals surface area contributed by atoms with Gasteiger partial charge in [-0.05, 0) is 48.3 Å². The lowest BCUT2D eigenvalue weighted by Crippen LogP contribution is -2.09. The highest BCUT2D eigenvalue weighted by molar-refractivity contribution is 4.66. The molecule has 0 aliphatic heterocycles. The van der Waals surface area contributed by atoms with Crippen molar-refractivity contribution in [2.24, 2.45) is 35.5 Å². The molecule has 0 aliphatic carbocycles. The van der Waals surface area contributed by atoms with Crippen LogP contribution in [0.2, 0.25) is 0 Å². The van der Waals surface area contributed by atoms with Crippen LogP contribution in [0.4, 0.5) is 0 Å². The fourth-order valence-electron chi connectivity index (χ4n) is 3.65. The second kappa shape index (κ2) is 22.3. The zero-order valence-corrected chi connectivity index (χ0v) is 21.8. The van der Waals surface area contributed by atoms with Crippen molar-refractivity contribution in [3.63, 3.8) is 0 Å². The molecule has 0 amide bonds. The van der Waals surface area contributed by atoms with Gasteiger partial charge in [0.2, 0.25) is 0 Å². The summed E-state index contributed by atoms with van der Waals surface area (Å²) in [7, 11) is 0. The highest BCUT2D eigenvalue weighted by atomic mass is 14.2. The average Bonchev–Trinajstić information content (AvgIpc) is 2.59. The summed E-state index contributed by atoms with van der Waals surface area (Å²) >= 11 is 0. The van der Waals surface area contributed by atoms with Gasteiger partial charge in [0, 0.05) is 0 Å². The first kappa shape index (κ1) is 31.7. The van der Waals surface area contributed by atoms with Gasteiger partial charge < -0.3 is 0 Å². The Morgan fingerprint density at radius 2 is 0.593 bits per heavy atom. The van der Waals surface area contributed by atoms with Gasteiger partial charge >= 0.3 is 0 Å². The Hall–Kier alpha value is 0. The second-order valence-corrected chi connectivity index (χ2v) is 10.1. The van der Waals surface area contributed by atoms with Gasteiger partial charge in [0.05, 0.1) is 0 Å². The number of hydrogen-bond acceptors (Lipinski definition) is 0. The first-order valence-electron chi connectivity index (χ1n) is 12.6. The van der Waals surface area contributed by atoms with Gasteiger partial charge in [-0.15, -0.1) is 0 Å². The maximum absolute atomic E-state index is 2.47. The zero-order valence-electron chi connectivity index (χ0n) is 21.8. The molecule has 27 heavy (non-hydrogen) atoms. The van der Waals surface area contributed by atoms with Gasteiger partial charge in [0.15, 0.2) is 0 Å². The molecule has 0 heterocycles. The number of hydrogen-bond donors (Lipinski definition) is 0. The summed E-state index contributed by atoms with van der Waals surface area (Å²) in [6.07, 6.45) is 12.6. The van der Waals surface area contributed by atoms with Crippen molar-refractivity contribution >= 4 is 0 Å². The largest absolute Gasteiger partial charge is 0.0683 e. The summed E-state index contributed by atoms with van der Waals surface area (Å²) in [5.41, 5.74) is 0. The Bertz CT molecular complexity index is 227. The van der Waals surface area contributed by atoms with Crippen LogP contribution in [0, 0.1) is 35.5 Å². The Labute approximate surface area is 176 Å². The van der Waals surface area contributed by atoms with Crippen LogP contribution in [0.5, 0.6) is 0 Å². The molecule has 4 atom stereocenters. The summed E-state index contributed by atoms with van der Waals surface area (Å²) in [5, 5.41) is 0. The second-order valence-electron chi connectivity index (χ2n) is 10.1. The van der Waals surface area contributed by atoms with Crippen LogP contribution >= 0.6 is 0 Å². The lowest BCUT2D eigenvalue weighted by atomic mass is 9.84. The fourth-order valence-corrected chi connectivity index (χ4v) is 3.65. The quantitative estimate of drug-likeness (QED) is 0.296. The standard InChI is InChI=1S/C22H46.C3H8.C2H6/c1-17(2)9-11-19(5)15-21(7)13-14-22(8)16-20(6)12-10-18(3)4;1-3-2;1-2/h17-22H,9-16H2,1-8H3;3H2,1-2H3;1-2H3. The summed E-state index contributed by atoms with van der Waals surface area (Å²) in [6.45, 7) is 27.5. The molecule has 0 radical (unpaired) electrons. The maximum Gasteiger partial charge on any atom is -0.0440 e. The van der Waals surface area contributed by atoms with Crippen LogP contribution in [0.3, 0.4) is 0 Å². The molecule has 0 aromatic carbocycles. The molecule has 0 nitrogen and oxygen atoms in total. The van der Waals surface area contributed by atoms with Gasteiger partial charge in [-0.2, -0.15) is 0 Å². The SMILES string of the molecule is CC.CC(C)CCC(C)CC(C)CCC(C)CC(C)CCC(C)C.CCC. The third-order valence-corrected chi connectivity index (χ3v) is 5.24. The van der Waals surface area contributed by atoms with Gasteiger partial charge in [-0.3, -0.25) is 0 Å². The summed E-state index contributed by atoms with van der Waals surface area (Å²) in [6, 6.07) is 0. The van der Waals surface area contributed by atoms with Crippen LogP contribution in [0.25, 0.3) is 0 Å². The van der Waals surface area contributed by atoms with Gasteiger partial charge in [0.1, 0.15) is 0 Å². The Kier molecular flexibility index (Phi) is 26.2. The summed E-state index contributed by atoms with van der Waals surface area (Å²) < 4.78 is 0. The molecule has 0 saturated heterocycles. The van der Waals surface area contributed by atoms with Crippen molar-refractivity contribution in [3.8, 4) is 0 Å². The molecular weight excluding hydrogens is 324 g/mol. The highest BCUT2D eigenvalue weighted by Gasteiger charge is 2.13. The molecule has 168 valence electrons. The van der Waals surface area contributed by atoms with Crippen molar-refractivity contribution in [1.82, 2.24) is 0 Å². The molecule has 4 unspecified atom stereocenters. The van der Waals surface area contributed by atoms with Crippen LogP contribution in [0.1, 0.15) is 141 Å². The maximum atomic E-state index is 2.47. The normalized spacial score (nSPS) is 15.3. The van der Waals surface area contributed by atoms with E-state index < -0.39 is 0 Å². The van der Waals surface area contributed by atoms with E-state index >= 15 is 0 Å². The summed E-state index contributed by atoms with van der Waals surface area (Å²) in [5.74, 6) is 5.39. The highest BCUT2D eigenvalue weighted by Crippen LogP contribution is 2.27. The molecule has 0 spiro atoms. The third kappa shape index (κ3) is 28.3. The Morgan fingerprint density at radius 1 is 0.407 bits per heavy atom. The third-order valence-electron chi connectivity index (χ3n) is 5.24. The molecule has 0 rings (SSSR count). The average molecular weight is 385 g/mol. The van der Waals surface area contributed by atoms with Gasteiger partial charge in [-0.25, -0.2) is 0 Å². The molecule has 0 heteroatoms. The first-order chi connectivity index (χ1) is 12.6. The fraction of sp³-hybridized carbons (Fsp3) is 1.00. The van der Waals surface area contributed by atoms with E-state index in [1.807, 2.05) is 13.8 Å². The minimum absolute atomic E-state index is 0.866. The van der Waals surface area contributed by atoms with E-state index in [2.05, 4.69) is 69.2 Å². The van der Waals surface area contributed by atoms with E-state index in [0.717, 1.165) is 35.5 Å². The van der Waals surface area contributed by atoms with Gasteiger partial charge in [-0.1, -0.05) is 128 Å². The van der Waals surface area contributed by atoms with E-state index in [0.29, 0.717) is 0 Å². The Morgan fingerprint density at radius 3 is 0.778 bits per heavy atom. The topological polar surface area (TPSA) is 0 Å². The molecule has 0 aliphatic rings. The van der Waals surface area contributed by atoms with E-state index in [1.165, 1.54) is 57.8 Å². The summed E-state index contributed by atoms with van der Waals surface area (Å²) in [4.78, 5) is 0. The molecule has 0 N–H and O–H groups in total. The smallest absolute Gasteiger partial charge is 0.0440 e. The molecule has 0 bridgehead atoms. The van der Waals surface area contributed by atoms with Crippen LogP contribution in [-0.4, -0.2) is 0 Å². The Balaban J connectivity index is -0.00000104. The van der Waals surface area contributed by atoms with E-state index in [1.54, 1.807) is 0 Å². The minimum atomic E-state index is 0.866. The monoisotopic (exact) mass is 384 g/mol. The van der Waals surface area contributed by atoms with E-state index in [-0.39, 0.29) is 0 Å². The van der Waals surface area contributed by atoms with Crippen LogP contribution in [0.15, 0.2) is 0 Å². The molecule has 0 aromatic rings. The molecular formula is C27H60. The zero-order chi connectivity index (χ0) is 21.8. The lowest BCUT2D eigenvalue weighted by Gasteiger charge is -2.21. The van der Waals surface area contributed by atoms with Crippen LogP contribution in [-0.2, 0) is 0 Å². The first-order valence-corrected chi connectivity index (χ1v) is 12.6. The van der Waals surface area contributed by atoms with Crippen molar-refractivity contribution in [3.05, 3.63) is 0 Å². The van der Waals surface area contributed by atoms with E-state index in [4.69, 9.17) is 0 Å². The van der Waals surface area contributed by atoms with Crippen molar-refractivity contribution < 1.29 is 0 Å². The predicted octanol–water partition coefficient (Wildman–Crippen LogP) is 10.4. The predicted molar refractivity (Wildman–Crippen MR) is 131 cm³/mol. The number of rotatable bonds is 13. The molecule has 0 fully saturated rings.